The smallest absolute Gasteiger partial charge is 0.328 e. The van der Waals surface area contributed by atoms with Gasteiger partial charge in [-0.15, -0.1) is 0 Å². The number of esters is 1. The van der Waals surface area contributed by atoms with E-state index in [0.29, 0.717) is 5.75 Å². The monoisotopic (exact) mass is 280 g/mol. The van der Waals surface area contributed by atoms with Crippen molar-refractivity contribution in [1.29, 1.82) is 0 Å². The van der Waals surface area contributed by atoms with Crippen LogP contribution in [0, 0.1) is 5.92 Å². The van der Waals surface area contributed by atoms with Gasteiger partial charge in [0.1, 0.15) is 17.8 Å². The number of aliphatic carboxylic acids is 1. The van der Waals surface area contributed by atoms with Gasteiger partial charge in [-0.25, -0.2) is 4.79 Å². The van der Waals surface area contributed by atoms with Crippen molar-refractivity contribution in [2.75, 3.05) is 0 Å². The highest BCUT2D eigenvalue weighted by atomic mass is 16.5. The van der Waals surface area contributed by atoms with Crippen LogP contribution < -0.4 is 16.2 Å². The summed E-state index contributed by atoms with van der Waals surface area (Å²) in [5, 5.41) is 8.72. The summed E-state index contributed by atoms with van der Waals surface area (Å²) < 4.78 is 5.13. The summed E-state index contributed by atoms with van der Waals surface area (Å²) >= 11 is 0. The first-order valence-electron chi connectivity index (χ1n) is 6.36. The van der Waals surface area contributed by atoms with Crippen molar-refractivity contribution in [3.8, 4) is 5.75 Å². The Balaban J connectivity index is 2.63. The molecule has 5 N–H and O–H groups in total. The van der Waals surface area contributed by atoms with Crippen LogP contribution in [0.1, 0.15) is 19.4 Å². The fourth-order valence-corrected chi connectivity index (χ4v) is 1.49. The first kappa shape index (κ1) is 16.1. The third-order valence-corrected chi connectivity index (χ3v) is 2.91. The highest BCUT2D eigenvalue weighted by molar-refractivity contribution is 5.78. The van der Waals surface area contributed by atoms with E-state index in [-0.39, 0.29) is 12.3 Å². The third kappa shape index (κ3) is 4.64. The Bertz CT molecular complexity index is 471. The van der Waals surface area contributed by atoms with Crippen LogP contribution in [-0.4, -0.2) is 29.1 Å². The van der Waals surface area contributed by atoms with Gasteiger partial charge in [0.15, 0.2) is 0 Å². The van der Waals surface area contributed by atoms with Crippen LogP contribution in [0.2, 0.25) is 0 Å². The van der Waals surface area contributed by atoms with Gasteiger partial charge in [-0.1, -0.05) is 26.0 Å². The van der Waals surface area contributed by atoms with Crippen molar-refractivity contribution < 1.29 is 19.4 Å². The van der Waals surface area contributed by atoms with Gasteiger partial charge >= 0.3 is 11.9 Å². The first-order chi connectivity index (χ1) is 9.31. The molecule has 0 saturated heterocycles. The van der Waals surface area contributed by atoms with Gasteiger partial charge in [-0.3, -0.25) is 4.79 Å². The molecule has 2 unspecified atom stereocenters. The molecule has 1 aromatic carbocycles. The zero-order valence-electron chi connectivity index (χ0n) is 11.6. The van der Waals surface area contributed by atoms with E-state index in [1.807, 2.05) is 13.8 Å². The zero-order chi connectivity index (χ0) is 15.3. The molecule has 0 aliphatic carbocycles. The Hall–Kier alpha value is -1.92. The fraction of sp³-hybridized carbons (Fsp3) is 0.429. The molecule has 0 amide bonds. The minimum atomic E-state index is -1.05. The summed E-state index contributed by atoms with van der Waals surface area (Å²) in [7, 11) is 0. The number of carbonyl (C=O) groups excluding carboxylic acids is 1. The summed E-state index contributed by atoms with van der Waals surface area (Å²) in [6, 6.07) is 4.91. The lowest BCUT2D eigenvalue weighted by Crippen LogP contribution is -2.38. The lowest BCUT2D eigenvalue weighted by Gasteiger charge is -2.14. The van der Waals surface area contributed by atoms with Crippen LogP contribution in [0.25, 0.3) is 0 Å². The van der Waals surface area contributed by atoms with E-state index in [9.17, 15) is 9.59 Å². The highest BCUT2D eigenvalue weighted by Gasteiger charge is 2.19. The molecule has 1 aromatic rings. The SMILES string of the molecule is CC(C)C(N)C(=O)Oc1ccc(CC(N)C(=O)O)cc1. The minimum Gasteiger partial charge on any atom is -0.480 e. The Morgan fingerprint density at radius 2 is 1.75 bits per heavy atom. The third-order valence-electron chi connectivity index (χ3n) is 2.91. The molecule has 0 heterocycles. The highest BCUT2D eigenvalue weighted by Crippen LogP contribution is 2.14. The van der Waals surface area contributed by atoms with Gasteiger partial charge in [0.2, 0.25) is 0 Å². The second kappa shape index (κ2) is 7.02. The van der Waals surface area contributed by atoms with Crippen molar-refractivity contribution in [3.05, 3.63) is 29.8 Å². The molecule has 20 heavy (non-hydrogen) atoms. The van der Waals surface area contributed by atoms with Crippen LogP contribution in [-0.2, 0) is 16.0 Å². The van der Waals surface area contributed by atoms with Crippen LogP contribution in [0.15, 0.2) is 24.3 Å². The first-order valence-corrected chi connectivity index (χ1v) is 6.36. The topological polar surface area (TPSA) is 116 Å². The van der Waals surface area contributed by atoms with Crippen LogP contribution >= 0.6 is 0 Å². The van der Waals surface area contributed by atoms with Crippen molar-refractivity contribution in [2.45, 2.75) is 32.4 Å². The molecule has 0 aliphatic rings. The minimum absolute atomic E-state index is 0.00432. The van der Waals surface area contributed by atoms with Gasteiger partial charge < -0.3 is 21.3 Å². The summed E-state index contributed by atoms with van der Waals surface area (Å²) in [4.78, 5) is 22.3. The predicted octanol–water partition coefficient (Wildman–Crippen LogP) is 0.530. The van der Waals surface area contributed by atoms with Gasteiger partial charge in [-0.05, 0) is 30.0 Å². The maximum atomic E-state index is 11.7. The number of benzene rings is 1. The number of carboxylic acid groups (broad SMARTS) is 1. The second-order valence-corrected chi connectivity index (χ2v) is 4.98. The Morgan fingerprint density at radius 3 is 2.20 bits per heavy atom. The van der Waals surface area contributed by atoms with Gasteiger partial charge in [0.25, 0.3) is 0 Å². The Kier molecular flexibility index (Phi) is 5.66. The Labute approximate surface area is 117 Å². The zero-order valence-corrected chi connectivity index (χ0v) is 11.6. The Morgan fingerprint density at radius 1 is 1.20 bits per heavy atom. The standard InChI is InChI=1S/C14H20N2O4/c1-8(2)12(16)14(19)20-10-5-3-9(4-6-10)7-11(15)13(17)18/h3-6,8,11-12H,7,15-16H2,1-2H3,(H,17,18). The number of hydrogen-bond acceptors (Lipinski definition) is 5. The molecule has 2 atom stereocenters. The second-order valence-electron chi connectivity index (χ2n) is 4.98. The number of rotatable bonds is 6. The number of ether oxygens (including phenoxy) is 1. The molecule has 0 radical (unpaired) electrons. The van der Waals surface area contributed by atoms with Crippen molar-refractivity contribution in [1.82, 2.24) is 0 Å². The molecule has 0 spiro atoms. The van der Waals surface area contributed by atoms with E-state index in [1.165, 1.54) is 0 Å². The summed E-state index contributed by atoms with van der Waals surface area (Å²) in [5.41, 5.74) is 11.9. The fourth-order valence-electron chi connectivity index (χ4n) is 1.49. The van der Waals surface area contributed by atoms with Crippen molar-refractivity contribution in [3.63, 3.8) is 0 Å². The number of hydrogen-bond donors (Lipinski definition) is 3. The normalized spacial score (nSPS) is 13.8. The molecular weight excluding hydrogens is 260 g/mol. The molecule has 0 aromatic heterocycles. The van der Waals surface area contributed by atoms with E-state index in [4.69, 9.17) is 21.3 Å². The summed E-state index contributed by atoms with van der Waals surface area (Å²) in [6.45, 7) is 3.67. The van der Waals surface area contributed by atoms with E-state index in [0.717, 1.165) is 5.56 Å². The number of carboxylic acids is 1. The predicted molar refractivity (Wildman–Crippen MR) is 74.2 cm³/mol. The molecule has 1 rings (SSSR count). The molecule has 0 saturated carbocycles. The molecule has 0 bridgehead atoms. The molecule has 0 aliphatic heterocycles. The molecule has 6 heteroatoms. The maximum Gasteiger partial charge on any atom is 0.328 e. The van der Waals surface area contributed by atoms with E-state index in [2.05, 4.69) is 0 Å². The van der Waals surface area contributed by atoms with Crippen LogP contribution in [0.4, 0.5) is 0 Å². The lowest BCUT2D eigenvalue weighted by molar-refractivity contribution is -0.138. The largest absolute Gasteiger partial charge is 0.480 e. The number of carbonyl (C=O) groups is 2. The van der Waals surface area contributed by atoms with E-state index in [1.54, 1.807) is 24.3 Å². The molecule has 110 valence electrons. The van der Waals surface area contributed by atoms with Crippen LogP contribution in [0.3, 0.4) is 0 Å². The summed E-state index contributed by atoms with van der Waals surface area (Å²) in [5.74, 6) is -1.17. The molecule has 0 fully saturated rings. The van der Waals surface area contributed by atoms with Crippen molar-refractivity contribution in [2.24, 2.45) is 17.4 Å². The van der Waals surface area contributed by atoms with E-state index < -0.39 is 24.0 Å². The quantitative estimate of drug-likeness (QED) is 0.517. The molecular formula is C14H20N2O4. The van der Waals surface area contributed by atoms with Gasteiger partial charge in [0, 0.05) is 0 Å². The van der Waals surface area contributed by atoms with Crippen molar-refractivity contribution >= 4 is 11.9 Å². The van der Waals surface area contributed by atoms with Crippen LogP contribution in [0.5, 0.6) is 5.75 Å². The number of nitrogens with two attached hydrogens (primary N) is 2. The lowest BCUT2D eigenvalue weighted by atomic mass is 10.1. The van der Waals surface area contributed by atoms with E-state index >= 15 is 0 Å². The average Bonchev–Trinajstić information content (AvgIpc) is 2.39. The average molecular weight is 280 g/mol. The van der Waals surface area contributed by atoms with Gasteiger partial charge in [0.05, 0.1) is 0 Å². The van der Waals surface area contributed by atoms with Gasteiger partial charge in [-0.2, -0.15) is 0 Å². The molecule has 6 nitrogen and oxygen atoms in total. The summed E-state index contributed by atoms with van der Waals surface area (Å²) in [6.07, 6.45) is 0.217. The maximum absolute atomic E-state index is 11.7.